The largest absolute Gasteiger partial charge is 0.493 e. The first-order chi connectivity index (χ1) is 14.0. The van der Waals surface area contributed by atoms with Crippen molar-refractivity contribution in [2.24, 2.45) is 0 Å². The summed E-state index contributed by atoms with van der Waals surface area (Å²) in [6.07, 6.45) is 4.09. The second-order valence-corrected chi connectivity index (χ2v) is 9.24. The van der Waals surface area contributed by atoms with E-state index in [2.05, 4.69) is 50.5 Å². The maximum Gasteiger partial charge on any atom is 0.183 e. The number of hydrogen-bond acceptors (Lipinski definition) is 5. The number of benzene rings is 2. The number of hydrazine groups is 1. The Morgan fingerprint density at radius 2 is 1.93 bits per heavy atom. The zero-order chi connectivity index (χ0) is 20.2. The van der Waals surface area contributed by atoms with Crippen molar-refractivity contribution in [3.05, 3.63) is 63.1 Å². The quantitative estimate of drug-likeness (QED) is 0.672. The number of nitrogens with one attached hydrogen (secondary N) is 1. The lowest BCUT2D eigenvalue weighted by Crippen LogP contribution is -2.63. The van der Waals surface area contributed by atoms with E-state index in [4.69, 9.17) is 21.1 Å². The monoisotopic (exact) mass is 475 g/mol. The van der Waals surface area contributed by atoms with Gasteiger partial charge in [-0.05, 0) is 43.0 Å². The van der Waals surface area contributed by atoms with Crippen LogP contribution in [0.5, 0.6) is 11.5 Å². The fraction of sp³-hybridized carbons (Fsp3) is 0.364. The van der Waals surface area contributed by atoms with E-state index in [-0.39, 0.29) is 6.04 Å². The molecule has 1 atom stereocenters. The third-order valence-corrected chi connectivity index (χ3v) is 6.79. The van der Waals surface area contributed by atoms with Crippen molar-refractivity contribution in [2.45, 2.75) is 24.6 Å². The van der Waals surface area contributed by atoms with E-state index < -0.39 is 5.72 Å². The normalized spacial score (nSPS) is 23.0. The topological polar surface area (TPSA) is 37.0 Å². The SMILES string of the molecule is COc1cc(Br)cc2c1OC1(CCN(C)CC1)N1NC(c3ccc(Cl)cc3)=CC21. The van der Waals surface area contributed by atoms with Crippen LogP contribution >= 0.6 is 27.5 Å². The van der Waals surface area contributed by atoms with Gasteiger partial charge in [0.05, 0.1) is 18.8 Å². The minimum Gasteiger partial charge on any atom is -0.493 e. The fourth-order valence-electron chi connectivity index (χ4n) is 4.46. The first-order valence-corrected chi connectivity index (χ1v) is 10.9. The van der Waals surface area contributed by atoms with Gasteiger partial charge in [0.25, 0.3) is 0 Å². The highest BCUT2D eigenvalue weighted by Crippen LogP contribution is 2.52. The van der Waals surface area contributed by atoms with Gasteiger partial charge in [-0.3, -0.25) is 0 Å². The van der Waals surface area contributed by atoms with Crippen molar-refractivity contribution >= 4 is 33.2 Å². The van der Waals surface area contributed by atoms with Gasteiger partial charge in [0.2, 0.25) is 0 Å². The molecule has 0 saturated carbocycles. The lowest BCUT2D eigenvalue weighted by molar-refractivity contribution is -0.158. The van der Waals surface area contributed by atoms with Gasteiger partial charge < -0.3 is 19.8 Å². The van der Waals surface area contributed by atoms with Gasteiger partial charge in [0, 0.05) is 41.0 Å². The number of ether oxygens (including phenoxy) is 2. The van der Waals surface area contributed by atoms with Crippen molar-refractivity contribution in [1.82, 2.24) is 15.3 Å². The number of nitrogens with zero attached hydrogens (tertiary/aromatic N) is 2. The van der Waals surface area contributed by atoms with Crippen LogP contribution in [0.2, 0.25) is 5.02 Å². The molecule has 0 radical (unpaired) electrons. The average molecular weight is 477 g/mol. The molecule has 1 spiro atoms. The molecule has 7 heteroatoms. The van der Waals surface area contributed by atoms with Crippen LogP contribution < -0.4 is 14.9 Å². The predicted molar refractivity (Wildman–Crippen MR) is 118 cm³/mol. The Kier molecular flexibility index (Phi) is 4.78. The van der Waals surface area contributed by atoms with Gasteiger partial charge >= 0.3 is 0 Å². The summed E-state index contributed by atoms with van der Waals surface area (Å²) in [5.41, 5.74) is 6.50. The minimum atomic E-state index is -0.421. The molecule has 1 unspecified atom stereocenters. The van der Waals surface area contributed by atoms with Crippen LogP contribution in [0.1, 0.15) is 30.0 Å². The van der Waals surface area contributed by atoms with Crippen molar-refractivity contribution in [2.75, 3.05) is 27.2 Å². The number of halogens is 2. The molecule has 0 amide bonds. The van der Waals surface area contributed by atoms with Crippen LogP contribution in [-0.2, 0) is 0 Å². The van der Waals surface area contributed by atoms with Gasteiger partial charge in [-0.25, -0.2) is 0 Å². The molecular weight excluding hydrogens is 454 g/mol. The average Bonchev–Trinajstić information content (AvgIpc) is 3.18. The number of likely N-dealkylation sites (tertiary alicyclic amines) is 1. The van der Waals surface area contributed by atoms with E-state index in [0.717, 1.165) is 63.7 Å². The molecule has 152 valence electrons. The molecule has 0 aliphatic carbocycles. The molecule has 2 aromatic carbocycles. The number of fused-ring (bicyclic) bond motifs is 4. The Morgan fingerprint density at radius 1 is 1.21 bits per heavy atom. The van der Waals surface area contributed by atoms with E-state index in [1.807, 2.05) is 30.3 Å². The summed E-state index contributed by atoms with van der Waals surface area (Å²) in [6, 6.07) is 12.1. The minimum absolute atomic E-state index is 0.0548. The number of hydrogen-bond donors (Lipinski definition) is 1. The molecule has 2 aromatic rings. The lowest BCUT2D eigenvalue weighted by Gasteiger charge is -2.51. The van der Waals surface area contributed by atoms with Crippen LogP contribution in [0.25, 0.3) is 5.70 Å². The van der Waals surface area contributed by atoms with Gasteiger partial charge in [0.15, 0.2) is 17.2 Å². The van der Waals surface area contributed by atoms with Crippen molar-refractivity contribution in [3.63, 3.8) is 0 Å². The summed E-state index contributed by atoms with van der Waals surface area (Å²) >= 11 is 9.72. The second-order valence-electron chi connectivity index (χ2n) is 7.89. The number of rotatable bonds is 2. The van der Waals surface area contributed by atoms with Gasteiger partial charge in [-0.1, -0.05) is 39.7 Å². The third kappa shape index (κ3) is 3.22. The van der Waals surface area contributed by atoms with E-state index >= 15 is 0 Å². The summed E-state index contributed by atoms with van der Waals surface area (Å²) in [5, 5.41) is 3.03. The van der Waals surface area contributed by atoms with E-state index in [9.17, 15) is 0 Å². The van der Waals surface area contributed by atoms with Crippen LogP contribution in [0.4, 0.5) is 0 Å². The lowest BCUT2D eigenvalue weighted by atomic mass is 9.92. The molecule has 29 heavy (non-hydrogen) atoms. The molecule has 3 aliphatic rings. The summed E-state index contributed by atoms with van der Waals surface area (Å²) in [6.45, 7) is 1.96. The van der Waals surface area contributed by atoms with Gasteiger partial charge in [0.1, 0.15) is 0 Å². The Morgan fingerprint density at radius 3 is 2.62 bits per heavy atom. The molecule has 0 bridgehead atoms. The molecule has 1 N–H and O–H groups in total. The summed E-state index contributed by atoms with van der Waals surface area (Å²) in [7, 11) is 3.86. The summed E-state index contributed by atoms with van der Waals surface area (Å²) in [4.78, 5) is 2.35. The Balaban J connectivity index is 1.62. The highest BCUT2D eigenvalue weighted by atomic mass is 79.9. The summed E-state index contributed by atoms with van der Waals surface area (Å²) in [5.74, 6) is 1.61. The predicted octanol–water partition coefficient (Wildman–Crippen LogP) is 4.83. The maximum absolute atomic E-state index is 6.74. The van der Waals surface area contributed by atoms with E-state index in [0.29, 0.717) is 0 Å². The molecule has 3 aliphatic heterocycles. The summed E-state index contributed by atoms with van der Waals surface area (Å²) < 4.78 is 13.4. The fourth-order valence-corrected chi connectivity index (χ4v) is 5.04. The highest BCUT2D eigenvalue weighted by Gasteiger charge is 2.52. The molecule has 5 rings (SSSR count). The standard InChI is InChI=1S/C22H23BrClN3O2/c1-26-9-7-22(8-10-26)27-19(13-18(25-27)14-3-5-16(24)6-4-14)17-11-15(23)12-20(28-2)21(17)29-22/h3-6,11-13,19,25H,7-10H2,1-2H3. The smallest absolute Gasteiger partial charge is 0.183 e. The van der Waals surface area contributed by atoms with Gasteiger partial charge in [-0.15, -0.1) is 0 Å². The molecule has 0 aromatic heterocycles. The van der Waals surface area contributed by atoms with E-state index in [1.165, 1.54) is 0 Å². The molecular formula is C22H23BrClN3O2. The molecule has 1 fully saturated rings. The number of methoxy groups -OCH3 is 1. The molecule has 3 heterocycles. The van der Waals surface area contributed by atoms with Crippen LogP contribution in [0.15, 0.2) is 46.9 Å². The van der Waals surface area contributed by atoms with Crippen molar-refractivity contribution < 1.29 is 9.47 Å². The Hall–Kier alpha value is -1.73. The third-order valence-electron chi connectivity index (χ3n) is 6.09. The Bertz CT molecular complexity index is 971. The first-order valence-electron chi connectivity index (χ1n) is 9.78. The Labute approximate surface area is 184 Å². The molecule has 5 nitrogen and oxygen atoms in total. The zero-order valence-electron chi connectivity index (χ0n) is 16.4. The van der Waals surface area contributed by atoms with Crippen LogP contribution in [0.3, 0.4) is 0 Å². The highest BCUT2D eigenvalue weighted by molar-refractivity contribution is 9.10. The molecule has 1 saturated heterocycles. The second kappa shape index (κ2) is 7.20. The van der Waals surface area contributed by atoms with Gasteiger partial charge in [-0.2, -0.15) is 5.01 Å². The maximum atomic E-state index is 6.74. The number of piperidine rings is 1. The van der Waals surface area contributed by atoms with E-state index in [1.54, 1.807) is 7.11 Å². The van der Waals surface area contributed by atoms with Crippen molar-refractivity contribution in [1.29, 1.82) is 0 Å². The van der Waals surface area contributed by atoms with Crippen LogP contribution in [0, 0.1) is 0 Å². The van der Waals surface area contributed by atoms with Crippen molar-refractivity contribution in [3.8, 4) is 11.5 Å². The first kappa shape index (κ1) is 19.2. The zero-order valence-corrected chi connectivity index (χ0v) is 18.8. The van der Waals surface area contributed by atoms with Crippen LogP contribution in [-0.4, -0.2) is 42.9 Å².